The van der Waals surface area contributed by atoms with Gasteiger partial charge in [-0.25, -0.2) is 0 Å². The fourth-order valence-corrected chi connectivity index (χ4v) is 1.95. The lowest BCUT2D eigenvalue weighted by molar-refractivity contribution is 0.175. The van der Waals surface area contributed by atoms with E-state index in [0.717, 1.165) is 5.56 Å². The highest BCUT2D eigenvalue weighted by atomic mass is 32.1. The molecule has 78 valence electrons. The Balaban J connectivity index is 2.38. The molecule has 0 heterocycles. The number of fused-ring (bicyclic) bond motifs is 1. The Morgan fingerprint density at radius 3 is 2.53 bits per heavy atom. The van der Waals surface area contributed by atoms with Crippen LogP contribution < -0.4 is 0 Å². The van der Waals surface area contributed by atoms with Crippen LogP contribution in [-0.4, -0.2) is 10.9 Å². The maximum Gasteiger partial charge on any atom is 0.0798 e. The SMILES string of the molecule is OC(CCS)c1ccc2ccccc2c1. The second-order valence-electron chi connectivity index (χ2n) is 3.63. The Morgan fingerprint density at radius 2 is 1.80 bits per heavy atom. The molecule has 1 unspecified atom stereocenters. The molecule has 1 atom stereocenters. The fraction of sp³-hybridized carbons (Fsp3) is 0.231. The summed E-state index contributed by atoms with van der Waals surface area (Å²) >= 11 is 4.12. The van der Waals surface area contributed by atoms with Crippen molar-refractivity contribution in [2.24, 2.45) is 0 Å². The van der Waals surface area contributed by atoms with Gasteiger partial charge in [0.25, 0.3) is 0 Å². The monoisotopic (exact) mass is 218 g/mol. The molecule has 2 aromatic rings. The lowest BCUT2D eigenvalue weighted by Gasteiger charge is -2.10. The van der Waals surface area contributed by atoms with Gasteiger partial charge in [0.1, 0.15) is 0 Å². The van der Waals surface area contributed by atoms with E-state index in [9.17, 15) is 5.11 Å². The van der Waals surface area contributed by atoms with Crippen molar-refractivity contribution in [3.8, 4) is 0 Å². The Morgan fingerprint density at radius 1 is 1.07 bits per heavy atom. The normalized spacial score (nSPS) is 12.9. The molecule has 0 spiro atoms. The van der Waals surface area contributed by atoms with Crippen LogP contribution in [0.5, 0.6) is 0 Å². The molecule has 0 saturated heterocycles. The molecule has 1 N–H and O–H groups in total. The average Bonchev–Trinajstić information content (AvgIpc) is 2.29. The molecule has 0 fully saturated rings. The highest BCUT2D eigenvalue weighted by molar-refractivity contribution is 7.80. The first kappa shape index (κ1) is 10.5. The van der Waals surface area contributed by atoms with Crippen molar-refractivity contribution in [3.63, 3.8) is 0 Å². The Kier molecular flexibility index (Phi) is 3.29. The zero-order chi connectivity index (χ0) is 10.7. The van der Waals surface area contributed by atoms with Crippen LogP contribution in [0, 0.1) is 0 Å². The quantitative estimate of drug-likeness (QED) is 0.758. The van der Waals surface area contributed by atoms with Gasteiger partial charge in [-0.05, 0) is 34.6 Å². The highest BCUT2D eigenvalue weighted by Crippen LogP contribution is 2.22. The largest absolute Gasteiger partial charge is 0.388 e. The molecule has 0 amide bonds. The zero-order valence-electron chi connectivity index (χ0n) is 8.43. The number of rotatable bonds is 3. The molecule has 2 aromatic carbocycles. The van der Waals surface area contributed by atoms with Gasteiger partial charge >= 0.3 is 0 Å². The van der Waals surface area contributed by atoms with Crippen LogP contribution in [0.4, 0.5) is 0 Å². The summed E-state index contributed by atoms with van der Waals surface area (Å²) in [4.78, 5) is 0. The lowest BCUT2D eigenvalue weighted by atomic mass is 10.0. The van der Waals surface area contributed by atoms with E-state index in [0.29, 0.717) is 12.2 Å². The number of aliphatic hydroxyl groups excluding tert-OH is 1. The van der Waals surface area contributed by atoms with Crippen molar-refractivity contribution in [1.29, 1.82) is 0 Å². The maximum absolute atomic E-state index is 9.83. The van der Waals surface area contributed by atoms with Crippen LogP contribution in [0.25, 0.3) is 10.8 Å². The number of hydrogen-bond donors (Lipinski definition) is 2. The second-order valence-corrected chi connectivity index (χ2v) is 4.08. The van der Waals surface area contributed by atoms with Gasteiger partial charge in [0, 0.05) is 0 Å². The van der Waals surface area contributed by atoms with E-state index in [1.165, 1.54) is 10.8 Å². The van der Waals surface area contributed by atoms with Crippen LogP contribution in [0.1, 0.15) is 18.1 Å². The van der Waals surface area contributed by atoms with Gasteiger partial charge in [0.15, 0.2) is 0 Å². The second kappa shape index (κ2) is 4.69. The third-order valence-corrected chi connectivity index (χ3v) is 2.82. The zero-order valence-corrected chi connectivity index (χ0v) is 9.32. The molecule has 15 heavy (non-hydrogen) atoms. The van der Waals surface area contributed by atoms with Crippen molar-refractivity contribution in [1.82, 2.24) is 0 Å². The molecule has 0 aliphatic heterocycles. The third kappa shape index (κ3) is 2.33. The standard InChI is InChI=1S/C13H14OS/c14-13(7-8-15)12-6-5-10-3-1-2-4-11(10)9-12/h1-6,9,13-15H,7-8H2. The Labute approximate surface area is 95.2 Å². The molecule has 0 bridgehead atoms. The first-order chi connectivity index (χ1) is 7.31. The molecule has 0 saturated carbocycles. The number of aliphatic hydroxyl groups is 1. The van der Waals surface area contributed by atoms with Gasteiger partial charge in [-0.2, -0.15) is 12.6 Å². The summed E-state index contributed by atoms with van der Waals surface area (Å²) in [5, 5.41) is 12.2. The molecule has 0 aliphatic carbocycles. The van der Waals surface area contributed by atoms with E-state index < -0.39 is 6.10 Å². The lowest BCUT2D eigenvalue weighted by Crippen LogP contribution is -1.97. The van der Waals surface area contributed by atoms with Crippen LogP contribution >= 0.6 is 12.6 Å². The molecule has 0 aromatic heterocycles. The Bertz CT molecular complexity index is 453. The minimum absolute atomic E-state index is 0.396. The highest BCUT2D eigenvalue weighted by Gasteiger charge is 2.06. The molecular formula is C13H14OS. The smallest absolute Gasteiger partial charge is 0.0798 e. The van der Waals surface area contributed by atoms with E-state index in [2.05, 4.69) is 24.8 Å². The Hall–Kier alpha value is -0.990. The van der Waals surface area contributed by atoms with Gasteiger partial charge in [-0.3, -0.25) is 0 Å². The molecule has 0 radical (unpaired) electrons. The van der Waals surface area contributed by atoms with Gasteiger partial charge in [-0.15, -0.1) is 0 Å². The summed E-state index contributed by atoms with van der Waals surface area (Å²) in [6.45, 7) is 0. The van der Waals surface area contributed by atoms with Gasteiger partial charge in [-0.1, -0.05) is 36.4 Å². The van der Waals surface area contributed by atoms with Gasteiger partial charge in [0.05, 0.1) is 6.10 Å². The van der Waals surface area contributed by atoms with Crippen LogP contribution in [0.2, 0.25) is 0 Å². The molecular weight excluding hydrogens is 204 g/mol. The number of hydrogen-bond acceptors (Lipinski definition) is 2. The summed E-state index contributed by atoms with van der Waals surface area (Å²) in [6, 6.07) is 14.2. The number of thiol groups is 1. The first-order valence-electron chi connectivity index (χ1n) is 5.09. The predicted octanol–water partition coefficient (Wildman–Crippen LogP) is 3.19. The van der Waals surface area contributed by atoms with E-state index in [1.54, 1.807) is 0 Å². The van der Waals surface area contributed by atoms with Crippen molar-refractivity contribution in [2.45, 2.75) is 12.5 Å². The van der Waals surface area contributed by atoms with Gasteiger partial charge in [0.2, 0.25) is 0 Å². The van der Waals surface area contributed by atoms with Crippen LogP contribution in [0.15, 0.2) is 42.5 Å². The van der Waals surface area contributed by atoms with Crippen molar-refractivity contribution < 1.29 is 5.11 Å². The summed E-state index contributed by atoms with van der Waals surface area (Å²) in [5.41, 5.74) is 0.975. The van der Waals surface area contributed by atoms with Crippen molar-refractivity contribution in [2.75, 3.05) is 5.75 Å². The molecule has 2 heteroatoms. The summed E-state index contributed by atoms with van der Waals surface area (Å²) < 4.78 is 0. The van der Waals surface area contributed by atoms with Crippen molar-refractivity contribution in [3.05, 3.63) is 48.0 Å². The summed E-state index contributed by atoms with van der Waals surface area (Å²) in [7, 11) is 0. The average molecular weight is 218 g/mol. The number of benzene rings is 2. The van der Waals surface area contributed by atoms with E-state index >= 15 is 0 Å². The minimum Gasteiger partial charge on any atom is -0.388 e. The maximum atomic E-state index is 9.83. The van der Waals surface area contributed by atoms with E-state index in [4.69, 9.17) is 0 Å². The van der Waals surface area contributed by atoms with Crippen LogP contribution in [0.3, 0.4) is 0 Å². The molecule has 0 aliphatic rings. The van der Waals surface area contributed by atoms with E-state index in [-0.39, 0.29) is 0 Å². The van der Waals surface area contributed by atoms with Crippen LogP contribution in [-0.2, 0) is 0 Å². The summed E-state index contributed by atoms with van der Waals surface area (Å²) in [6.07, 6.45) is 0.300. The summed E-state index contributed by atoms with van der Waals surface area (Å²) in [5.74, 6) is 0.702. The minimum atomic E-state index is -0.396. The molecule has 1 nitrogen and oxygen atoms in total. The third-order valence-electron chi connectivity index (χ3n) is 2.56. The van der Waals surface area contributed by atoms with E-state index in [1.807, 2.05) is 30.3 Å². The first-order valence-corrected chi connectivity index (χ1v) is 5.72. The molecule has 2 rings (SSSR count). The topological polar surface area (TPSA) is 20.2 Å². The fourth-order valence-electron chi connectivity index (χ4n) is 1.70. The predicted molar refractivity (Wildman–Crippen MR) is 67.4 cm³/mol. The van der Waals surface area contributed by atoms with Crippen molar-refractivity contribution >= 4 is 23.4 Å². The van der Waals surface area contributed by atoms with Gasteiger partial charge < -0.3 is 5.11 Å².